The molecule has 0 aliphatic heterocycles. The molecule has 1 aliphatic rings. The summed E-state index contributed by atoms with van der Waals surface area (Å²) in [4.78, 5) is 0.846. The van der Waals surface area contributed by atoms with Crippen LogP contribution in [0.5, 0.6) is 0 Å². The molecule has 0 N–H and O–H groups in total. The Hall–Kier alpha value is 0.519. The monoisotopic (exact) mass is 219 g/mol. The van der Waals surface area contributed by atoms with E-state index in [1.165, 1.54) is 19.3 Å². The zero-order valence-electron chi connectivity index (χ0n) is 7.84. The fourth-order valence-electron chi connectivity index (χ4n) is 2.11. The van der Waals surface area contributed by atoms with Crippen LogP contribution in [-0.4, -0.2) is 16.0 Å². The molecule has 0 unspecified atom stereocenters. The molecule has 3 atom stereocenters. The minimum atomic E-state index is 0.846. The van der Waals surface area contributed by atoms with Crippen LogP contribution in [-0.2, 0) is 0 Å². The Morgan fingerprint density at radius 1 is 1.27 bits per heavy atom. The van der Waals surface area contributed by atoms with E-state index in [-0.39, 0.29) is 0 Å². The molecule has 0 nitrogen and oxygen atoms in total. The van der Waals surface area contributed by atoms with Crippen LogP contribution in [0.4, 0.5) is 0 Å². The molecule has 1 saturated carbocycles. The van der Waals surface area contributed by atoms with E-state index in [4.69, 9.17) is 0 Å². The van der Waals surface area contributed by atoms with Gasteiger partial charge in [-0.1, -0.05) is 0 Å². The van der Waals surface area contributed by atoms with Gasteiger partial charge in [0.15, 0.2) is 0 Å². The summed E-state index contributed by atoms with van der Waals surface area (Å²) < 4.78 is 0. The Balaban J connectivity index is 2.44. The molecule has 0 spiro atoms. The summed E-state index contributed by atoms with van der Waals surface area (Å²) in [6.45, 7) is 7.08. The third kappa shape index (κ3) is 2.49. The predicted molar refractivity (Wildman–Crippen MR) is 50.8 cm³/mol. The Morgan fingerprint density at radius 3 is 2.36 bits per heavy atom. The molecule has 1 fully saturated rings. The van der Waals surface area contributed by atoms with Gasteiger partial charge in [-0.15, -0.1) is 0 Å². The van der Waals surface area contributed by atoms with Gasteiger partial charge >= 0.3 is 78.6 Å². The Bertz CT molecular complexity index is 120. The second-order valence-corrected chi connectivity index (χ2v) is 5.63. The standard InChI is InChI=1S/C10H19Se/c1-7(2)9-5-4-8(3)6-10(9)11/h7-10H,4-6H2,1-3H3/t8-,9+,10+/m1/s1. The van der Waals surface area contributed by atoms with E-state index in [9.17, 15) is 0 Å². The van der Waals surface area contributed by atoms with Crippen LogP contribution in [0.1, 0.15) is 40.0 Å². The fraction of sp³-hybridized carbons (Fsp3) is 1.00. The van der Waals surface area contributed by atoms with Crippen LogP contribution >= 0.6 is 0 Å². The first-order valence-corrected chi connectivity index (χ1v) is 5.76. The first-order valence-electron chi connectivity index (χ1n) is 4.77. The van der Waals surface area contributed by atoms with Crippen LogP contribution in [0.3, 0.4) is 0 Å². The molecule has 1 radical (unpaired) electrons. The molecule has 0 heterocycles. The van der Waals surface area contributed by atoms with Crippen LogP contribution in [0.15, 0.2) is 0 Å². The average Bonchev–Trinajstić information content (AvgIpc) is 1.85. The molecule has 0 aromatic heterocycles. The van der Waals surface area contributed by atoms with Gasteiger partial charge in [-0.2, -0.15) is 0 Å². The van der Waals surface area contributed by atoms with Gasteiger partial charge in [-0.05, 0) is 0 Å². The van der Waals surface area contributed by atoms with Gasteiger partial charge in [0, 0.05) is 0 Å². The van der Waals surface area contributed by atoms with Crippen molar-refractivity contribution in [2.45, 2.75) is 44.9 Å². The SMILES string of the molecule is CC(C)[C@@H]1CC[C@@H](C)C[C@@H]1[Se]. The van der Waals surface area contributed by atoms with Crippen molar-refractivity contribution in [2.24, 2.45) is 17.8 Å². The predicted octanol–water partition coefficient (Wildman–Crippen LogP) is 3.04. The molecule has 1 rings (SSSR count). The first-order chi connectivity index (χ1) is 5.11. The molecule has 0 aromatic rings. The van der Waals surface area contributed by atoms with Gasteiger partial charge in [0.2, 0.25) is 0 Å². The Labute approximate surface area is 79.0 Å². The maximum atomic E-state index is 3.34. The van der Waals surface area contributed by atoms with Gasteiger partial charge in [0.1, 0.15) is 0 Å². The van der Waals surface area contributed by atoms with Crippen molar-refractivity contribution >= 4 is 16.0 Å². The molecule has 0 aromatic carbocycles. The zero-order chi connectivity index (χ0) is 8.43. The Morgan fingerprint density at radius 2 is 1.91 bits per heavy atom. The number of hydrogen-bond donors (Lipinski definition) is 0. The second-order valence-electron chi connectivity index (χ2n) is 4.36. The second kappa shape index (κ2) is 3.96. The van der Waals surface area contributed by atoms with E-state index in [2.05, 4.69) is 36.8 Å². The normalized spacial score (nSPS) is 39.5. The summed E-state index contributed by atoms with van der Waals surface area (Å²) in [5, 5.41) is 0. The average molecular weight is 218 g/mol. The third-order valence-electron chi connectivity index (χ3n) is 2.96. The molecule has 65 valence electrons. The van der Waals surface area contributed by atoms with E-state index < -0.39 is 0 Å². The van der Waals surface area contributed by atoms with Crippen LogP contribution in [0.25, 0.3) is 0 Å². The maximum absolute atomic E-state index is 3.34. The van der Waals surface area contributed by atoms with Gasteiger partial charge in [0.05, 0.1) is 0 Å². The minimum absolute atomic E-state index is 0.846. The van der Waals surface area contributed by atoms with Crippen molar-refractivity contribution < 1.29 is 0 Å². The van der Waals surface area contributed by atoms with E-state index in [0.717, 1.165) is 22.6 Å². The van der Waals surface area contributed by atoms with Gasteiger partial charge in [0.25, 0.3) is 0 Å². The number of hydrogen-bond acceptors (Lipinski definition) is 0. The van der Waals surface area contributed by atoms with Crippen molar-refractivity contribution in [1.82, 2.24) is 0 Å². The van der Waals surface area contributed by atoms with E-state index >= 15 is 0 Å². The third-order valence-corrected chi connectivity index (χ3v) is 4.10. The summed E-state index contributed by atoms with van der Waals surface area (Å²) in [5.41, 5.74) is 0. The quantitative estimate of drug-likeness (QED) is 0.593. The van der Waals surface area contributed by atoms with Crippen LogP contribution < -0.4 is 0 Å². The van der Waals surface area contributed by atoms with Gasteiger partial charge in [-0.3, -0.25) is 0 Å². The number of rotatable bonds is 1. The Kier molecular flexibility index (Phi) is 3.46. The van der Waals surface area contributed by atoms with Crippen molar-refractivity contribution in [1.29, 1.82) is 0 Å². The molecule has 1 aliphatic carbocycles. The van der Waals surface area contributed by atoms with Crippen molar-refractivity contribution in [2.75, 3.05) is 0 Å². The van der Waals surface area contributed by atoms with Crippen LogP contribution in [0, 0.1) is 17.8 Å². The molecule has 0 amide bonds. The molecule has 0 saturated heterocycles. The molecular formula is C10H19Se. The van der Waals surface area contributed by atoms with Crippen molar-refractivity contribution in [3.05, 3.63) is 0 Å². The molecule has 11 heavy (non-hydrogen) atoms. The summed E-state index contributed by atoms with van der Waals surface area (Å²) in [6, 6.07) is 0. The van der Waals surface area contributed by atoms with Crippen molar-refractivity contribution in [3.63, 3.8) is 0 Å². The summed E-state index contributed by atoms with van der Waals surface area (Å²) in [7, 11) is 0. The molecular weight excluding hydrogens is 199 g/mol. The van der Waals surface area contributed by atoms with Crippen LogP contribution in [0.2, 0.25) is 4.82 Å². The first kappa shape index (κ1) is 9.61. The fourth-order valence-corrected chi connectivity index (χ4v) is 3.75. The zero-order valence-corrected chi connectivity index (χ0v) is 9.55. The summed E-state index contributed by atoms with van der Waals surface area (Å²) in [6.07, 6.45) is 4.29. The van der Waals surface area contributed by atoms with Crippen molar-refractivity contribution in [3.8, 4) is 0 Å². The van der Waals surface area contributed by atoms with Gasteiger partial charge < -0.3 is 0 Å². The van der Waals surface area contributed by atoms with E-state index in [0.29, 0.717) is 0 Å². The summed E-state index contributed by atoms with van der Waals surface area (Å²) >= 11 is 3.34. The topological polar surface area (TPSA) is 0 Å². The summed E-state index contributed by atoms with van der Waals surface area (Å²) in [5.74, 6) is 2.77. The van der Waals surface area contributed by atoms with E-state index in [1.54, 1.807) is 0 Å². The molecule has 0 bridgehead atoms. The molecule has 1 heteroatoms. The van der Waals surface area contributed by atoms with Gasteiger partial charge in [-0.25, -0.2) is 0 Å². The van der Waals surface area contributed by atoms with E-state index in [1.807, 2.05) is 0 Å².